The highest BCUT2D eigenvalue weighted by molar-refractivity contribution is 6.07. The number of hydrogen-bond donors (Lipinski definition) is 4. The van der Waals surface area contributed by atoms with E-state index in [1.807, 2.05) is 0 Å². The molecule has 1 atom stereocenters. The Labute approximate surface area is 171 Å². The number of nitrogens with two attached hydrogens (primary N) is 1. The van der Waals surface area contributed by atoms with Gasteiger partial charge in [0.1, 0.15) is 11.6 Å². The first kappa shape index (κ1) is 19.5. The van der Waals surface area contributed by atoms with Crippen molar-refractivity contribution >= 4 is 16.9 Å². The molecule has 0 radical (unpaired) electrons. The van der Waals surface area contributed by atoms with Crippen LogP contribution in [0.2, 0.25) is 0 Å². The molecule has 1 amide bonds. The maximum absolute atomic E-state index is 13.2. The number of carbonyl (C=O) groups is 1. The summed E-state index contributed by atoms with van der Waals surface area (Å²) >= 11 is 0. The molecule has 0 saturated heterocycles. The third-order valence-electron chi connectivity index (χ3n) is 4.93. The Morgan fingerprint density at radius 2 is 1.90 bits per heavy atom. The van der Waals surface area contributed by atoms with Crippen molar-refractivity contribution in [3.8, 4) is 17.0 Å². The number of aryl methyl sites for hydroxylation is 1. The number of carbonyl (C=O) groups excluding carboxylic acids is 1. The van der Waals surface area contributed by atoms with Gasteiger partial charge < -0.3 is 16.2 Å². The fourth-order valence-electron chi connectivity index (χ4n) is 3.35. The Balaban J connectivity index is 1.74. The van der Waals surface area contributed by atoms with Crippen LogP contribution in [0.25, 0.3) is 22.3 Å². The minimum absolute atomic E-state index is 0.139. The highest BCUT2D eigenvalue weighted by Crippen LogP contribution is 2.27. The number of H-pyrrole nitrogens is 1. The van der Waals surface area contributed by atoms with Crippen molar-refractivity contribution in [2.75, 3.05) is 6.54 Å². The van der Waals surface area contributed by atoms with Crippen molar-refractivity contribution in [2.45, 2.75) is 13.0 Å². The molecule has 8 heteroatoms. The van der Waals surface area contributed by atoms with Crippen LogP contribution in [0.5, 0.6) is 5.75 Å². The zero-order valence-corrected chi connectivity index (χ0v) is 16.2. The van der Waals surface area contributed by atoms with E-state index in [0.717, 1.165) is 5.56 Å². The van der Waals surface area contributed by atoms with Crippen molar-refractivity contribution in [3.63, 3.8) is 0 Å². The first-order valence-electron chi connectivity index (χ1n) is 9.38. The first-order chi connectivity index (χ1) is 14.5. The lowest BCUT2D eigenvalue weighted by Crippen LogP contribution is -2.33. The van der Waals surface area contributed by atoms with Crippen LogP contribution in [0.15, 0.2) is 54.6 Å². The molecule has 4 rings (SSSR count). The number of benzene rings is 2. The van der Waals surface area contributed by atoms with Crippen LogP contribution in [0.1, 0.15) is 27.7 Å². The van der Waals surface area contributed by atoms with Crippen LogP contribution < -0.4 is 11.1 Å². The highest BCUT2D eigenvalue weighted by atomic mass is 19.1. The van der Waals surface area contributed by atoms with Crippen molar-refractivity contribution < 1.29 is 14.3 Å². The third kappa shape index (κ3) is 3.72. The number of amides is 1. The van der Waals surface area contributed by atoms with Gasteiger partial charge in [0.15, 0.2) is 5.65 Å². The van der Waals surface area contributed by atoms with Crippen molar-refractivity contribution in [3.05, 3.63) is 77.2 Å². The van der Waals surface area contributed by atoms with E-state index < -0.39 is 6.04 Å². The Hall–Kier alpha value is -3.78. The maximum atomic E-state index is 13.2. The molecular formula is C22H20FN5O2. The molecule has 0 fully saturated rings. The predicted octanol–water partition coefficient (Wildman–Crippen LogP) is 3.21. The highest BCUT2D eigenvalue weighted by Gasteiger charge is 2.21. The Bertz CT molecular complexity index is 1200. The van der Waals surface area contributed by atoms with E-state index >= 15 is 0 Å². The van der Waals surface area contributed by atoms with Crippen molar-refractivity contribution in [2.24, 2.45) is 5.73 Å². The topological polar surface area (TPSA) is 117 Å². The molecule has 5 N–H and O–H groups in total. The quantitative estimate of drug-likeness (QED) is 0.407. The third-order valence-corrected chi connectivity index (χ3v) is 4.93. The number of fused-ring (bicyclic) bond motifs is 1. The standard InChI is InChI=1S/C22H20FN5O2/c1-12-20-17(22(30)26-19(11-24)14-2-6-15(23)7-3-14)10-18(25-21(20)28-27-12)13-4-8-16(29)9-5-13/h2-10,19,29H,11,24H2,1H3,(H,26,30)(H,25,27,28). The van der Waals surface area contributed by atoms with E-state index in [2.05, 4.69) is 20.5 Å². The summed E-state index contributed by atoms with van der Waals surface area (Å²) < 4.78 is 13.2. The number of hydrogen-bond acceptors (Lipinski definition) is 5. The largest absolute Gasteiger partial charge is 0.508 e. The summed E-state index contributed by atoms with van der Waals surface area (Å²) in [7, 11) is 0. The summed E-state index contributed by atoms with van der Waals surface area (Å²) in [6.45, 7) is 1.94. The number of phenolic OH excluding ortho intramolecular Hbond substituents is 1. The SMILES string of the molecule is Cc1n[nH]c2nc(-c3ccc(O)cc3)cc(C(=O)NC(CN)c3ccc(F)cc3)c12. The molecule has 0 aliphatic rings. The molecule has 4 aromatic rings. The second-order valence-electron chi connectivity index (χ2n) is 6.95. The number of nitrogens with one attached hydrogen (secondary N) is 2. The number of phenols is 1. The van der Waals surface area contributed by atoms with E-state index in [4.69, 9.17) is 5.73 Å². The van der Waals surface area contributed by atoms with E-state index in [1.54, 1.807) is 49.4 Å². The van der Waals surface area contributed by atoms with Gasteiger partial charge in [-0.3, -0.25) is 9.89 Å². The molecule has 0 saturated carbocycles. The number of pyridine rings is 1. The Kier molecular flexibility index (Phi) is 5.16. The van der Waals surface area contributed by atoms with Crippen LogP contribution in [-0.4, -0.2) is 32.7 Å². The van der Waals surface area contributed by atoms with E-state index in [-0.39, 0.29) is 24.0 Å². The summed E-state index contributed by atoms with van der Waals surface area (Å²) in [6, 6.07) is 13.6. The van der Waals surface area contributed by atoms with Gasteiger partial charge in [0.25, 0.3) is 5.91 Å². The number of halogens is 1. The smallest absolute Gasteiger partial charge is 0.252 e. The zero-order valence-electron chi connectivity index (χ0n) is 16.2. The zero-order chi connectivity index (χ0) is 21.3. The van der Waals surface area contributed by atoms with E-state index in [1.165, 1.54) is 12.1 Å². The number of aromatic hydroxyl groups is 1. The lowest BCUT2D eigenvalue weighted by Gasteiger charge is -2.18. The van der Waals surface area contributed by atoms with E-state index in [0.29, 0.717) is 33.5 Å². The number of aromatic nitrogens is 3. The van der Waals surface area contributed by atoms with Crippen LogP contribution in [0.3, 0.4) is 0 Å². The fourth-order valence-corrected chi connectivity index (χ4v) is 3.35. The molecule has 0 aliphatic heterocycles. The summed E-state index contributed by atoms with van der Waals surface area (Å²) in [5.41, 5.74) is 9.39. The summed E-state index contributed by atoms with van der Waals surface area (Å²) in [6.07, 6.45) is 0. The molecule has 7 nitrogen and oxygen atoms in total. The summed E-state index contributed by atoms with van der Waals surface area (Å²) in [5, 5.41) is 20.1. The molecule has 2 aromatic carbocycles. The molecule has 1 unspecified atom stereocenters. The molecule has 2 aromatic heterocycles. The normalized spacial score (nSPS) is 12.1. The van der Waals surface area contributed by atoms with Gasteiger partial charge in [-0.1, -0.05) is 12.1 Å². The second-order valence-corrected chi connectivity index (χ2v) is 6.95. The number of nitrogens with zero attached hydrogens (tertiary/aromatic N) is 2. The average Bonchev–Trinajstić information content (AvgIpc) is 3.13. The van der Waals surface area contributed by atoms with Gasteiger partial charge in [-0.05, 0) is 55.0 Å². The van der Waals surface area contributed by atoms with Gasteiger partial charge in [-0.2, -0.15) is 5.10 Å². The monoisotopic (exact) mass is 405 g/mol. The minimum atomic E-state index is -0.481. The van der Waals surface area contributed by atoms with Crippen LogP contribution >= 0.6 is 0 Å². The molecule has 0 spiro atoms. The lowest BCUT2D eigenvalue weighted by molar-refractivity contribution is 0.0939. The van der Waals surface area contributed by atoms with E-state index in [9.17, 15) is 14.3 Å². The molecule has 152 valence electrons. The Morgan fingerprint density at radius 3 is 2.57 bits per heavy atom. The van der Waals surface area contributed by atoms with Gasteiger partial charge in [0.05, 0.1) is 28.4 Å². The predicted molar refractivity (Wildman–Crippen MR) is 111 cm³/mol. The van der Waals surface area contributed by atoms with Gasteiger partial charge in [0.2, 0.25) is 0 Å². The fraction of sp³-hybridized carbons (Fsp3) is 0.136. The van der Waals surface area contributed by atoms with Crippen LogP contribution in [-0.2, 0) is 0 Å². The second kappa shape index (κ2) is 7.92. The molecular weight excluding hydrogens is 385 g/mol. The maximum Gasteiger partial charge on any atom is 0.252 e. The summed E-state index contributed by atoms with van der Waals surface area (Å²) in [4.78, 5) is 17.8. The molecule has 0 aliphatic carbocycles. The minimum Gasteiger partial charge on any atom is -0.508 e. The number of aromatic amines is 1. The molecule has 0 bridgehead atoms. The van der Waals surface area contributed by atoms with Crippen molar-refractivity contribution in [1.82, 2.24) is 20.5 Å². The average molecular weight is 405 g/mol. The van der Waals surface area contributed by atoms with Gasteiger partial charge in [-0.25, -0.2) is 9.37 Å². The molecule has 30 heavy (non-hydrogen) atoms. The Morgan fingerprint density at radius 1 is 1.20 bits per heavy atom. The molecule has 2 heterocycles. The van der Waals surface area contributed by atoms with Crippen LogP contribution in [0, 0.1) is 12.7 Å². The summed E-state index contributed by atoms with van der Waals surface area (Å²) in [5.74, 6) is -0.559. The first-order valence-corrected chi connectivity index (χ1v) is 9.38. The van der Waals surface area contributed by atoms with Gasteiger partial charge in [-0.15, -0.1) is 0 Å². The van der Waals surface area contributed by atoms with Gasteiger partial charge >= 0.3 is 0 Å². The lowest BCUT2D eigenvalue weighted by atomic mass is 10.0. The van der Waals surface area contributed by atoms with Crippen molar-refractivity contribution in [1.29, 1.82) is 0 Å². The number of rotatable bonds is 5. The van der Waals surface area contributed by atoms with Crippen LogP contribution in [0.4, 0.5) is 4.39 Å². The van der Waals surface area contributed by atoms with Gasteiger partial charge in [0, 0.05) is 12.1 Å².